The van der Waals surface area contributed by atoms with E-state index in [4.69, 9.17) is 9.52 Å². The summed E-state index contributed by atoms with van der Waals surface area (Å²) in [4.78, 5) is 26.5. The highest BCUT2D eigenvalue weighted by Crippen LogP contribution is 2.07. The number of carbonyl (C=O) groups excluding carboxylic acids is 1. The van der Waals surface area contributed by atoms with Gasteiger partial charge in [0.1, 0.15) is 11.5 Å². The number of nitrogens with zero attached hydrogens (tertiary/aromatic N) is 1. The highest BCUT2D eigenvalue weighted by molar-refractivity contribution is 5.92. The van der Waals surface area contributed by atoms with Crippen LogP contribution in [-0.4, -0.2) is 22.0 Å². The number of pyridine rings is 1. The summed E-state index contributed by atoms with van der Waals surface area (Å²) in [6, 6.07) is 7.99. The lowest BCUT2D eigenvalue weighted by molar-refractivity contribution is 0.0660. The van der Waals surface area contributed by atoms with Gasteiger partial charge in [-0.2, -0.15) is 0 Å². The van der Waals surface area contributed by atoms with E-state index in [1.165, 1.54) is 12.1 Å². The number of furan rings is 1. The average Bonchev–Trinajstić information content (AvgIpc) is 2.85. The van der Waals surface area contributed by atoms with E-state index >= 15 is 0 Å². The molecule has 98 valence electrons. The van der Waals surface area contributed by atoms with E-state index in [9.17, 15) is 9.59 Å². The summed E-state index contributed by atoms with van der Waals surface area (Å²) in [5.74, 6) is -1.26. The summed E-state index contributed by atoms with van der Waals surface area (Å²) in [6.07, 6.45) is 0. The molecule has 0 bridgehead atoms. The van der Waals surface area contributed by atoms with Crippen molar-refractivity contribution in [1.82, 2.24) is 10.3 Å². The van der Waals surface area contributed by atoms with Crippen LogP contribution in [0.3, 0.4) is 0 Å². The van der Waals surface area contributed by atoms with Crippen molar-refractivity contribution in [3.8, 4) is 0 Å². The highest BCUT2D eigenvalue weighted by atomic mass is 16.4. The number of aryl methyl sites for hydroxylation is 1. The molecule has 0 aromatic carbocycles. The number of carboxylic acids is 1. The molecule has 0 unspecified atom stereocenters. The van der Waals surface area contributed by atoms with Gasteiger partial charge in [-0.1, -0.05) is 6.07 Å². The highest BCUT2D eigenvalue weighted by Gasteiger charge is 2.11. The van der Waals surface area contributed by atoms with Crippen LogP contribution in [0.1, 0.15) is 32.5 Å². The van der Waals surface area contributed by atoms with Gasteiger partial charge in [-0.25, -0.2) is 9.78 Å². The normalized spacial score (nSPS) is 10.2. The second-order valence-corrected chi connectivity index (χ2v) is 3.92. The lowest BCUT2D eigenvalue weighted by atomic mass is 10.3. The summed E-state index contributed by atoms with van der Waals surface area (Å²) in [6.45, 7) is 1.91. The van der Waals surface area contributed by atoms with Gasteiger partial charge in [0, 0.05) is 5.69 Å². The molecule has 0 radical (unpaired) electrons. The van der Waals surface area contributed by atoms with Gasteiger partial charge < -0.3 is 14.8 Å². The molecule has 6 nitrogen and oxygen atoms in total. The summed E-state index contributed by atoms with van der Waals surface area (Å²) < 4.78 is 5.02. The predicted octanol–water partition coefficient (Wildman–Crippen LogP) is 1.61. The Hall–Kier alpha value is -2.63. The van der Waals surface area contributed by atoms with Crippen LogP contribution in [0.2, 0.25) is 0 Å². The van der Waals surface area contributed by atoms with Crippen molar-refractivity contribution in [3.05, 3.63) is 53.2 Å². The van der Waals surface area contributed by atoms with Gasteiger partial charge >= 0.3 is 5.97 Å². The molecule has 0 aliphatic heterocycles. The molecular formula is C13H12N2O4. The number of hydrogen-bond acceptors (Lipinski definition) is 4. The molecule has 0 spiro atoms. The minimum atomic E-state index is -1.14. The van der Waals surface area contributed by atoms with Gasteiger partial charge in [-0.15, -0.1) is 0 Å². The largest absolute Gasteiger partial charge is 0.475 e. The third-order valence-electron chi connectivity index (χ3n) is 2.42. The number of rotatable bonds is 4. The molecule has 0 saturated heterocycles. The van der Waals surface area contributed by atoms with Crippen LogP contribution in [0, 0.1) is 6.92 Å². The first-order valence-electron chi connectivity index (χ1n) is 5.60. The molecule has 1 amide bonds. The number of carbonyl (C=O) groups is 2. The Labute approximate surface area is 109 Å². The zero-order valence-corrected chi connectivity index (χ0v) is 10.2. The van der Waals surface area contributed by atoms with Crippen molar-refractivity contribution in [2.75, 3.05) is 0 Å². The first kappa shape index (κ1) is 12.8. The molecule has 2 aromatic heterocycles. The van der Waals surface area contributed by atoms with Crippen LogP contribution in [0.25, 0.3) is 0 Å². The molecule has 6 heteroatoms. The Morgan fingerprint density at radius 2 is 2.11 bits per heavy atom. The number of aromatic carboxylic acids is 1. The summed E-state index contributed by atoms with van der Waals surface area (Å²) in [5.41, 5.74) is 1.06. The zero-order chi connectivity index (χ0) is 13.8. The Balaban J connectivity index is 1.98. The van der Waals surface area contributed by atoms with Gasteiger partial charge in [0.15, 0.2) is 0 Å². The molecule has 0 atom stereocenters. The van der Waals surface area contributed by atoms with Crippen molar-refractivity contribution in [3.63, 3.8) is 0 Å². The summed E-state index contributed by atoms with van der Waals surface area (Å²) in [5, 5.41) is 11.3. The Morgan fingerprint density at radius 3 is 2.74 bits per heavy atom. The van der Waals surface area contributed by atoms with Crippen molar-refractivity contribution >= 4 is 11.9 Å². The van der Waals surface area contributed by atoms with E-state index in [2.05, 4.69) is 10.3 Å². The lowest BCUT2D eigenvalue weighted by Crippen LogP contribution is -2.23. The molecule has 2 heterocycles. The lowest BCUT2D eigenvalue weighted by Gasteiger charge is -2.03. The molecule has 0 aliphatic rings. The SMILES string of the molecule is Cc1cccc(C(=O)NCc2ccc(C(=O)O)o2)n1. The number of carboxylic acid groups (broad SMARTS) is 1. The van der Waals surface area contributed by atoms with Crippen LogP contribution < -0.4 is 5.32 Å². The molecule has 2 aromatic rings. The molecular weight excluding hydrogens is 248 g/mol. The second-order valence-electron chi connectivity index (χ2n) is 3.92. The monoisotopic (exact) mass is 260 g/mol. The molecule has 0 aliphatic carbocycles. The number of hydrogen-bond donors (Lipinski definition) is 2. The van der Waals surface area contributed by atoms with Crippen LogP contribution in [-0.2, 0) is 6.54 Å². The zero-order valence-electron chi connectivity index (χ0n) is 10.2. The third kappa shape index (κ3) is 3.19. The average molecular weight is 260 g/mol. The van der Waals surface area contributed by atoms with E-state index in [0.29, 0.717) is 11.5 Å². The molecule has 2 rings (SSSR count). The van der Waals surface area contributed by atoms with Gasteiger partial charge in [0.25, 0.3) is 5.91 Å². The maximum absolute atomic E-state index is 11.8. The molecule has 2 N–H and O–H groups in total. The minimum absolute atomic E-state index is 0.113. The number of amides is 1. The smallest absolute Gasteiger partial charge is 0.371 e. The van der Waals surface area contributed by atoms with Crippen LogP contribution in [0.15, 0.2) is 34.7 Å². The van der Waals surface area contributed by atoms with Gasteiger partial charge in [0.2, 0.25) is 5.76 Å². The Bertz CT molecular complexity index is 619. The predicted molar refractivity (Wildman–Crippen MR) is 65.8 cm³/mol. The standard InChI is InChI=1S/C13H12N2O4/c1-8-3-2-4-10(15-8)12(16)14-7-9-5-6-11(19-9)13(17)18/h2-6H,7H2,1H3,(H,14,16)(H,17,18). The van der Waals surface area contributed by atoms with Crippen molar-refractivity contribution in [2.45, 2.75) is 13.5 Å². The molecule has 0 fully saturated rings. The van der Waals surface area contributed by atoms with Crippen LogP contribution in [0.4, 0.5) is 0 Å². The van der Waals surface area contributed by atoms with Gasteiger partial charge in [-0.3, -0.25) is 4.79 Å². The first-order chi connectivity index (χ1) is 9.06. The Kier molecular flexibility index (Phi) is 3.61. The maximum atomic E-state index is 11.8. The second kappa shape index (κ2) is 5.34. The fourth-order valence-corrected chi connectivity index (χ4v) is 1.52. The topological polar surface area (TPSA) is 92.4 Å². The van der Waals surface area contributed by atoms with Gasteiger partial charge in [0.05, 0.1) is 6.54 Å². The molecule has 0 saturated carbocycles. The van der Waals surface area contributed by atoms with Gasteiger partial charge in [-0.05, 0) is 31.2 Å². The quantitative estimate of drug-likeness (QED) is 0.871. The Morgan fingerprint density at radius 1 is 1.32 bits per heavy atom. The maximum Gasteiger partial charge on any atom is 0.371 e. The van der Waals surface area contributed by atoms with Crippen molar-refractivity contribution < 1.29 is 19.1 Å². The van der Waals surface area contributed by atoms with E-state index in [1.54, 1.807) is 25.1 Å². The molecule has 19 heavy (non-hydrogen) atoms. The minimum Gasteiger partial charge on any atom is -0.475 e. The van der Waals surface area contributed by atoms with Crippen molar-refractivity contribution in [1.29, 1.82) is 0 Å². The van der Waals surface area contributed by atoms with E-state index in [-0.39, 0.29) is 18.2 Å². The van der Waals surface area contributed by atoms with Crippen molar-refractivity contribution in [2.24, 2.45) is 0 Å². The fourth-order valence-electron chi connectivity index (χ4n) is 1.52. The first-order valence-corrected chi connectivity index (χ1v) is 5.60. The number of nitrogens with one attached hydrogen (secondary N) is 1. The van der Waals surface area contributed by atoms with Crippen LogP contribution >= 0.6 is 0 Å². The van der Waals surface area contributed by atoms with E-state index in [1.807, 2.05) is 0 Å². The summed E-state index contributed by atoms with van der Waals surface area (Å²) >= 11 is 0. The van der Waals surface area contributed by atoms with E-state index < -0.39 is 5.97 Å². The van der Waals surface area contributed by atoms with E-state index in [0.717, 1.165) is 5.69 Å². The summed E-state index contributed by atoms with van der Waals surface area (Å²) in [7, 11) is 0. The number of aromatic nitrogens is 1. The van der Waals surface area contributed by atoms with Crippen LogP contribution in [0.5, 0.6) is 0 Å². The fraction of sp³-hybridized carbons (Fsp3) is 0.154. The third-order valence-corrected chi connectivity index (χ3v) is 2.42.